The molecular formula is C31H56O6. The molecule has 0 radical (unpaired) electrons. The van der Waals surface area contributed by atoms with Crippen molar-refractivity contribution in [3.05, 3.63) is 12.2 Å². The second kappa shape index (κ2) is 23.7. The lowest BCUT2D eigenvalue weighted by Gasteiger charge is -2.12. The zero-order valence-electron chi connectivity index (χ0n) is 23.9. The third-order valence-electron chi connectivity index (χ3n) is 6.92. The van der Waals surface area contributed by atoms with Gasteiger partial charge in [0.15, 0.2) is 0 Å². The predicted octanol–water partition coefficient (Wildman–Crippen LogP) is 7.60. The Morgan fingerprint density at radius 2 is 1.22 bits per heavy atom. The van der Waals surface area contributed by atoms with Crippen LogP contribution in [0.15, 0.2) is 12.2 Å². The fraction of sp³-hybridized carbons (Fsp3) is 0.871. The van der Waals surface area contributed by atoms with Crippen molar-refractivity contribution in [2.75, 3.05) is 13.2 Å². The van der Waals surface area contributed by atoms with Gasteiger partial charge < -0.3 is 19.3 Å². The summed E-state index contributed by atoms with van der Waals surface area (Å²) in [6.45, 7) is 4.18. The minimum Gasteiger partial charge on any atom is -0.463 e. The lowest BCUT2D eigenvalue weighted by molar-refractivity contribution is -0.152. The number of hydrogen-bond donors (Lipinski definition) is 1. The van der Waals surface area contributed by atoms with Crippen LogP contribution < -0.4 is 0 Å². The van der Waals surface area contributed by atoms with Gasteiger partial charge in [-0.2, -0.15) is 0 Å². The molecule has 6 nitrogen and oxygen atoms in total. The molecule has 0 amide bonds. The van der Waals surface area contributed by atoms with Crippen molar-refractivity contribution in [2.24, 2.45) is 0 Å². The number of esters is 2. The molecule has 3 atom stereocenters. The average molecular weight is 525 g/mol. The van der Waals surface area contributed by atoms with Crippen LogP contribution in [0.25, 0.3) is 0 Å². The Labute approximate surface area is 226 Å². The molecule has 1 aliphatic rings. The van der Waals surface area contributed by atoms with Crippen molar-refractivity contribution in [1.29, 1.82) is 0 Å². The molecule has 1 N–H and O–H groups in total. The molecule has 37 heavy (non-hydrogen) atoms. The van der Waals surface area contributed by atoms with E-state index in [9.17, 15) is 14.7 Å². The van der Waals surface area contributed by atoms with Gasteiger partial charge in [-0.15, -0.1) is 0 Å². The predicted molar refractivity (Wildman–Crippen MR) is 149 cm³/mol. The molecule has 0 bridgehead atoms. The van der Waals surface area contributed by atoms with Crippen LogP contribution in [0.1, 0.15) is 142 Å². The topological polar surface area (TPSA) is 85.4 Å². The number of hydrogen-bond acceptors (Lipinski definition) is 6. The second-order valence-electron chi connectivity index (χ2n) is 10.6. The maximum atomic E-state index is 11.9. The summed E-state index contributed by atoms with van der Waals surface area (Å²) in [6, 6.07) is 0. The first-order valence-corrected chi connectivity index (χ1v) is 15.4. The van der Waals surface area contributed by atoms with E-state index in [1.54, 1.807) is 0 Å². The average Bonchev–Trinajstić information content (AvgIpc) is 3.65. The molecule has 0 aromatic rings. The highest BCUT2D eigenvalue weighted by molar-refractivity contribution is 5.69. The van der Waals surface area contributed by atoms with Crippen molar-refractivity contribution in [3.8, 4) is 0 Å². The molecule has 1 fully saturated rings. The van der Waals surface area contributed by atoms with Crippen molar-refractivity contribution in [2.45, 2.75) is 161 Å². The molecule has 0 aliphatic carbocycles. The first kappa shape index (κ1) is 33.6. The molecule has 1 rings (SSSR count). The summed E-state index contributed by atoms with van der Waals surface area (Å²) in [7, 11) is 0. The first-order valence-electron chi connectivity index (χ1n) is 15.4. The summed E-state index contributed by atoms with van der Waals surface area (Å²) in [6.07, 6.45) is 25.7. The van der Waals surface area contributed by atoms with Crippen molar-refractivity contribution in [3.63, 3.8) is 0 Å². The van der Waals surface area contributed by atoms with Gasteiger partial charge in [0, 0.05) is 12.8 Å². The van der Waals surface area contributed by atoms with Gasteiger partial charge in [0.05, 0.1) is 12.2 Å². The van der Waals surface area contributed by atoms with Crippen LogP contribution in [0, 0.1) is 0 Å². The Bertz CT molecular complexity index is 590. The maximum absolute atomic E-state index is 11.9. The van der Waals surface area contributed by atoms with Gasteiger partial charge in [0.1, 0.15) is 19.3 Å². The van der Waals surface area contributed by atoms with Gasteiger partial charge in [-0.1, -0.05) is 103 Å². The lowest BCUT2D eigenvalue weighted by Crippen LogP contribution is -2.25. The zero-order chi connectivity index (χ0) is 27.0. The number of allylic oxidation sites excluding steroid dienone is 1. The lowest BCUT2D eigenvalue weighted by atomic mass is 10.1. The summed E-state index contributed by atoms with van der Waals surface area (Å²) in [5.74, 6) is -0.595. The highest BCUT2D eigenvalue weighted by atomic mass is 16.6. The number of rotatable bonds is 26. The van der Waals surface area contributed by atoms with Crippen molar-refractivity contribution < 1.29 is 28.9 Å². The minimum atomic E-state index is -0.966. The van der Waals surface area contributed by atoms with Crippen LogP contribution in [0.5, 0.6) is 0 Å². The highest BCUT2D eigenvalue weighted by Gasteiger charge is 2.36. The standard InChI is InChI=1S/C31H56O6/c1-3-5-7-9-11-15-19-23-30(33)35-25-27(32)26-36-31(34)24-20-16-12-14-18-22-29-28(37-29)21-17-13-10-8-6-4-2/h13,17,27-29,32H,3-12,14-16,18-26H2,1-2H3/b17-13-/t27-,28?,29?/m1/s1. The normalized spacial score (nSPS) is 17.7. The molecule has 0 saturated carbocycles. The fourth-order valence-electron chi connectivity index (χ4n) is 4.44. The Hall–Kier alpha value is -1.40. The van der Waals surface area contributed by atoms with E-state index in [4.69, 9.17) is 14.2 Å². The quantitative estimate of drug-likeness (QED) is 0.0543. The Kier molecular flexibility index (Phi) is 21.5. The SMILES string of the molecule is CCCCC/C=C\CC1OC1CCCCCCCC(=O)OC[C@H](O)COC(=O)CCCCCCCCC. The smallest absolute Gasteiger partial charge is 0.305 e. The van der Waals surface area contributed by atoms with Crippen LogP contribution in [0.2, 0.25) is 0 Å². The molecule has 1 aliphatic heterocycles. The Morgan fingerprint density at radius 1 is 0.703 bits per heavy atom. The number of aliphatic hydroxyl groups is 1. The van der Waals surface area contributed by atoms with E-state index in [0.717, 1.165) is 57.8 Å². The van der Waals surface area contributed by atoms with Crippen LogP contribution >= 0.6 is 0 Å². The molecule has 6 heteroatoms. The molecule has 0 spiro atoms. The third kappa shape index (κ3) is 21.2. The van der Waals surface area contributed by atoms with Gasteiger partial charge in [-0.25, -0.2) is 0 Å². The molecular weight excluding hydrogens is 468 g/mol. The van der Waals surface area contributed by atoms with Gasteiger partial charge >= 0.3 is 11.9 Å². The molecule has 1 heterocycles. The summed E-state index contributed by atoms with van der Waals surface area (Å²) < 4.78 is 16.0. The van der Waals surface area contributed by atoms with Crippen molar-refractivity contribution >= 4 is 11.9 Å². The summed E-state index contributed by atoms with van der Waals surface area (Å²) >= 11 is 0. The molecule has 0 aromatic carbocycles. The second-order valence-corrected chi connectivity index (χ2v) is 10.6. The zero-order valence-corrected chi connectivity index (χ0v) is 23.9. The van der Waals surface area contributed by atoms with E-state index in [0.29, 0.717) is 25.0 Å². The van der Waals surface area contributed by atoms with Gasteiger partial charge in [-0.3, -0.25) is 9.59 Å². The van der Waals surface area contributed by atoms with E-state index in [2.05, 4.69) is 26.0 Å². The Balaban J connectivity index is 1.86. The van der Waals surface area contributed by atoms with E-state index in [-0.39, 0.29) is 25.2 Å². The van der Waals surface area contributed by atoms with E-state index in [1.165, 1.54) is 57.8 Å². The number of unbranched alkanes of at least 4 members (excludes halogenated alkanes) is 13. The molecule has 216 valence electrons. The number of aliphatic hydroxyl groups excluding tert-OH is 1. The largest absolute Gasteiger partial charge is 0.463 e. The third-order valence-corrected chi connectivity index (χ3v) is 6.92. The summed E-state index contributed by atoms with van der Waals surface area (Å²) in [5.41, 5.74) is 0. The summed E-state index contributed by atoms with van der Waals surface area (Å²) in [5, 5.41) is 9.90. The number of epoxide rings is 1. The van der Waals surface area contributed by atoms with Gasteiger partial charge in [-0.05, 0) is 38.5 Å². The van der Waals surface area contributed by atoms with Gasteiger partial charge in [0.25, 0.3) is 0 Å². The molecule has 2 unspecified atom stereocenters. The monoisotopic (exact) mass is 524 g/mol. The van der Waals surface area contributed by atoms with Gasteiger partial charge in [0.2, 0.25) is 0 Å². The van der Waals surface area contributed by atoms with Crippen LogP contribution in [0.4, 0.5) is 0 Å². The van der Waals surface area contributed by atoms with Crippen LogP contribution in [-0.4, -0.2) is 48.6 Å². The summed E-state index contributed by atoms with van der Waals surface area (Å²) in [4.78, 5) is 23.6. The molecule has 1 saturated heterocycles. The number of carbonyl (C=O) groups excluding carboxylic acids is 2. The van der Waals surface area contributed by atoms with Crippen molar-refractivity contribution in [1.82, 2.24) is 0 Å². The Morgan fingerprint density at radius 3 is 1.81 bits per heavy atom. The van der Waals surface area contributed by atoms with Crippen LogP contribution in [0.3, 0.4) is 0 Å². The maximum Gasteiger partial charge on any atom is 0.305 e. The van der Waals surface area contributed by atoms with E-state index in [1.807, 2.05) is 0 Å². The van der Waals surface area contributed by atoms with E-state index < -0.39 is 6.10 Å². The van der Waals surface area contributed by atoms with Crippen LogP contribution in [-0.2, 0) is 23.8 Å². The highest BCUT2D eigenvalue weighted by Crippen LogP contribution is 2.30. The fourth-order valence-corrected chi connectivity index (χ4v) is 4.44. The number of carbonyl (C=O) groups is 2. The number of ether oxygens (including phenoxy) is 3. The minimum absolute atomic E-state index is 0.122. The first-order chi connectivity index (χ1) is 18.1. The van der Waals surface area contributed by atoms with E-state index >= 15 is 0 Å². The molecule has 0 aromatic heterocycles.